The summed E-state index contributed by atoms with van der Waals surface area (Å²) in [6, 6.07) is 10.4. The second-order valence-corrected chi connectivity index (χ2v) is 4.02. The highest BCUT2D eigenvalue weighted by Crippen LogP contribution is 2.27. The van der Waals surface area contributed by atoms with Gasteiger partial charge in [-0.05, 0) is 25.1 Å². The third kappa shape index (κ3) is 2.16. The van der Waals surface area contributed by atoms with Gasteiger partial charge in [-0.3, -0.25) is 0 Å². The van der Waals surface area contributed by atoms with E-state index in [1.807, 2.05) is 6.07 Å². The lowest BCUT2D eigenvalue weighted by molar-refractivity contribution is 0.562. The van der Waals surface area contributed by atoms with Crippen LogP contribution in [-0.2, 0) is 0 Å². The third-order valence-electron chi connectivity index (χ3n) is 1.75. The zero-order valence-electron chi connectivity index (χ0n) is 7.36. The summed E-state index contributed by atoms with van der Waals surface area (Å²) >= 11 is 1.71. The fraction of sp³-hybridized carbons (Fsp3) is 0.0909. The van der Waals surface area contributed by atoms with Crippen LogP contribution in [0.15, 0.2) is 57.1 Å². The molecule has 0 saturated heterocycles. The van der Waals surface area contributed by atoms with E-state index in [1.54, 1.807) is 24.3 Å². The van der Waals surface area contributed by atoms with Gasteiger partial charge in [0, 0.05) is 4.90 Å². The zero-order valence-corrected chi connectivity index (χ0v) is 8.17. The molecule has 0 unspecified atom stereocenters. The van der Waals surface area contributed by atoms with Crippen molar-refractivity contribution in [3.63, 3.8) is 0 Å². The Bertz CT molecular complexity index is 361. The summed E-state index contributed by atoms with van der Waals surface area (Å²) in [5, 5.41) is 0. The lowest BCUT2D eigenvalue weighted by atomic mass is 10.2. The fourth-order valence-electron chi connectivity index (χ4n) is 1.05. The highest BCUT2D eigenvalue weighted by Gasteiger charge is 1.97. The van der Waals surface area contributed by atoms with E-state index in [4.69, 9.17) is 4.42 Å². The van der Waals surface area contributed by atoms with Crippen LogP contribution in [0.3, 0.4) is 0 Å². The maximum absolute atomic E-state index is 4.99. The molecule has 0 radical (unpaired) electrons. The first-order valence-electron chi connectivity index (χ1n) is 4.11. The van der Waals surface area contributed by atoms with Crippen LogP contribution in [0.1, 0.15) is 5.56 Å². The van der Waals surface area contributed by atoms with E-state index in [9.17, 15) is 0 Å². The summed E-state index contributed by atoms with van der Waals surface area (Å²) in [5.41, 5.74) is 1.29. The maximum Gasteiger partial charge on any atom is 0.104 e. The number of hydrogen-bond donors (Lipinski definition) is 0. The van der Waals surface area contributed by atoms with Crippen molar-refractivity contribution in [3.8, 4) is 0 Å². The quantitative estimate of drug-likeness (QED) is 0.715. The van der Waals surface area contributed by atoms with Gasteiger partial charge in [0.2, 0.25) is 0 Å². The first kappa shape index (κ1) is 8.45. The molecule has 0 saturated carbocycles. The Morgan fingerprint density at radius 3 is 2.38 bits per heavy atom. The second kappa shape index (κ2) is 3.71. The summed E-state index contributed by atoms with van der Waals surface area (Å²) in [5.74, 6) is 0. The molecule has 2 aromatic rings. The smallest absolute Gasteiger partial charge is 0.104 e. The third-order valence-corrected chi connectivity index (χ3v) is 2.73. The molecule has 1 aromatic heterocycles. The summed E-state index contributed by atoms with van der Waals surface area (Å²) in [4.78, 5) is 2.39. The van der Waals surface area contributed by atoms with E-state index in [0.717, 1.165) is 4.90 Å². The Hall–Kier alpha value is -1.15. The molecule has 0 aliphatic heterocycles. The van der Waals surface area contributed by atoms with Gasteiger partial charge in [0.15, 0.2) is 0 Å². The molecule has 0 atom stereocenters. The molecule has 0 N–H and O–H groups in total. The molecule has 0 spiro atoms. The van der Waals surface area contributed by atoms with Gasteiger partial charge in [0.25, 0.3) is 0 Å². The van der Waals surface area contributed by atoms with Crippen LogP contribution < -0.4 is 0 Å². The number of furan rings is 1. The van der Waals surface area contributed by atoms with Gasteiger partial charge in [-0.15, -0.1) is 0 Å². The molecule has 1 aromatic carbocycles. The fourth-order valence-corrected chi connectivity index (χ4v) is 1.82. The molecule has 0 fully saturated rings. The molecule has 2 heteroatoms. The first-order chi connectivity index (χ1) is 6.34. The highest BCUT2D eigenvalue weighted by molar-refractivity contribution is 7.99. The van der Waals surface area contributed by atoms with Gasteiger partial charge < -0.3 is 4.42 Å². The lowest BCUT2D eigenvalue weighted by Gasteiger charge is -1.97. The van der Waals surface area contributed by atoms with E-state index in [2.05, 4.69) is 31.2 Å². The zero-order chi connectivity index (χ0) is 9.10. The minimum atomic E-state index is 1.14. The van der Waals surface area contributed by atoms with Gasteiger partial charge in [-0.25, -0.2) is 0 Å². The number of aryl methyl sites for hydroxylation is 1. The normalized spacial score (nSPS) is 10.2. The Morgan fingerprint density at radius 2 is 1.77 bits per heavy atom. The minimum absolute atomic E-state index is 1.14. The monoisotopic (exact) mass is 190 g/mol. The Morgan fingerprint density at radius 1 is 1.00 bits per heavy atom. The Labute approximate surface area is 81.8 Å². The molecule has 13 heavy (non-hydrogen) atoms. The lowest BCUT2D eigenvalue weighted by Crippen LogP contribution is -1.72. The van der Waals surface area contributed by atoms with Crippen molar-refractivity contribution in [1.29, 1.82) is 0 Å². The van der Waals surface area contributed by atoms with Gasteiger partial charge >= 0.3 is 0 Å². The second-order valence-electron chi connectivity index (χ2n) is 2.87. The first-order valence-corrected chi connectivity index (χ1v) is 4.93. The number of hydrogen-bond acceptors (Lipinski definition) is 2. The van der Waals surface area contributed by atoms with Crippen LogP contribution >= 0.6 is 11.8 Å². The van der Waals surface area contributed by atoms with Crippen molar-refractivity contribution in [2.45, 2.75) is 16.7 Å². The molecule has 0 aliphatic carbocycles. The molecule has 2 rings (SSSR count). The molecule has 1 nitrogen and oxygen atoms in total. The number of benzene rings is 1. The molecule has 0 amide bonds. The molecule has 66 valence electrons. The molecular formula is C11H10OS. The van der Waals surface area contributed by atoms with Crippen molar-refractivity contribution < 1.29 is 4.42 Å². The van der Waals surface area contributed by atoms with Crippen molar-refractivity contribution in [3.05, 3.63) is 48.4 Å². The average molecular weight is 190 g/mol. The number of rotatable bonds is 2. The van der Waals surface area contributed by atoms with Crippen molar-refractivity contribution in [2.24, 2.45) is 0 Å². The van der Waals surface area contributed by atoms with Crippen molar-refractivity contribution >= 4 is 11.8 Å². The van der Waals surface area contributed by atoms with Gasteiger partial charge in [0.05, 0.1) is 11.2 Å². The van der Waals surface area contributed by atoms with E-state index in [0.29, 0.717) is 0 Å². The van der Waals surface area contributed by atoms with E-state index in [1.165, 1.54) is 10.5 Å². The van der Waals surface area contributed by atoms with Crippen molar-refractivity contribution in [1.82, 2.24) is 0 Å². The van der Waals surface area contributed by atoms with Crippen LogP contribution in [0.4, 0.5) is 0 Å². The van der Waals surface area contributed by atoms with Crippen LogP contribution in [0.5, 0.6) is 0 Å². The average Bonchev–Trinajstić information content (AvgIpc) is 2.62. The SMILES string of the molecule is Cc1ccc(Sc2ccoc2)cc1. The van der Waals surface area contributed by atoms with Crippen molar-refractivity contribution in [2.75, 3.05) is 0 Å². The van der Waals surface area contributed by atoms with Gasteiger partial charge in [-0.2, -0.15) is 0 Å². The van der Waals surface area contributed by atoms with Crippen LogP contribution in [0.25, 0.3) is 0 Å². The van der Waals surface area contributed by atoms with Gasteiger partial charge in [0.1, 0.15) is 6.26 Å². The Kier molecular flexibility index (Phi) is 2.41. The summed E-state index contributed by atoms with van der Waals surface area (Å²) in [7, 11) is 0. The molecular weight excluding hydrogens is 180 g/mol. The summed E-state index contributed by atoms with van der Waals surface area (Å²) in [6.45, 7) is 2.09. The molecule has 0 aliphatic rings. The van der Waals surface area contributed by atoms with E-state index in [-0.39, 0.29) is 0 Å². The largest absolute Gasteiger partial charge is 0.471 e. The maximum atomic E-state index is 4.99. The van der Waals surface area contributed by atoms with E-state index < -0.39 is 0 Å². The van der Waals surface area contributed by atoms with E-state index >= 15 is 0 Å². The Balaban J connectivity index is 2.15. The predicted molar refractivity (Wildman–Crippen MR) is 54.0 cm³/mol. The highest BCUT2D eigenvalue weighted by atomic mass is 32.2. The minimum Gasteiger partial charge on any atom is -0.471 e. The van der Waals surface area contributed by atoms with Crippen LogP contribution in [-0.4, -0.2) is 0 Å². The van der Waals surface area contributed by atoms with Gasteiger partial charge in [-0.1, -0.05) is 29.5 Å². The summed E-state index contributed by atoms with van der Waals surface area (Å²) < 4.78 is 4.99. The van der Waals surface area contributed by atoms with Crippen LogP contribution in [0.2, 0.25) is 0 Å². The molecule has 1 heterocycles. The molecule has 0 bridgehead atoms. The standard InChI is InChI=1S/C11H10OS/c1-9-2-4-10(5-3-9)13-11-6-7-12-8-11/h2-8H,1H3. The summed E-state index contributed by atoms with van der Waals surface area (Å²) in [6.07, 6.45) is 3.45. The topological polar surface area (TPSA) is 13.1 Å². The van der Waals surface area contributed by atoms with Crippen LogP contribution in [0, 0.1) is 6.92 Å². The predicted octanol–water partition coefficient (Wildman–Crippen LogP) is 3.74.